The van der Waals surface area contributed by atoms with Gasteiger partial charge in [-0.25, -0.2) is 4.79 Å². The maximum atomic E-state index is 12.7. The number of hydrogen-bond acceptors (Lipinski definition) is 6. The number of hydrogen-bond donors (Lipinski definition) is 3. The second kappa shape index (κ2) is 10.4. The van der Waals surface area contributed by atoms with Crippen LogP contribution in [-0.4, -0.2) is 41.5 Å². The Hall–Kier alpha value is -3.11. The second-order valence-corrected chi connectivity index (χ2v) is 8.84. The molecule has 1 unspecified atom stereocenters. The Morgan fingerprint density at radius 3 is 2.15 bits per heavy atom. The van der Waals surface area contributed by atoms with Crippen LogP contribution in [0.3, 0.4) is 0 Å². The predicted molar refractivity (Wildman–Crippen MR) is 121 cm³/mol. The number of rotatable bonds is 8. The predicted octanol–water partition coefficient (Wildman–Crippen LogP) is 4.61. The molecule has 0 aromatic heterocycles. The number of amides is 1. The molecular weight excluding hydrogens is 453 g/mol. The van der Waals surface area contributed by atoms with Crippen LogP contribution in [0.5, 0.6) is 5.75 Å². The van der Waals surface area contributed by atoms with Crippen LogP contribution in [0.15, 0.2) is 42.5 Å². The Bertz CT molecular complexity index is 1010. The lowest BCUT2D eigenvalue weighted by Crippen LogP contribution is -2.49. The van der Waals surface area contributed by atoms with Gasteiger partial charge in [0, 0.05) is 23.7 Å². The molecule has 10 heteroatoms. The molecule has 2 aromatic carbocycles. The third-order valence-electron chi connectivity index (χ3n) is 4.48. The number of esters is 1. The summed E-state index contributed by atoms with van der Waals surface area (Å²) in [6, 6.07) is 7.87. The van der Waals surface area contributed by atoms with E-state index in [1.54, 1.807) is 6.92 Å². The van der Waals surface area contributed by atoms with E-state index in [0.29, 0.717) is 0 Å². The van der Waals surface area contributed by atoms with E-state index < -0.39 is 29.4 Å². The number of aliphatic hydroxyl groups is 1. The summed E-state index contributed by atoms with van der Waals surface area (Å²) < 4.78 is 48.9. The number of β-amino-alcohol motifs (C(OH)–C–C–N with tert-alkyl or cyclic N) is 1. The number of benzene rings is 2. The van der Waals surface area contributed by atoms with E-state index in [-0.39, 0.29) is 41.3 Å². The van der Waals surface area contributed by atoms with Crippen molar-refractivity contribution in [2.75, 3.05) is 18.5 Å². The molecule has 0 aliphatic carbocycles. The standard InChI is InChI=1S/C24H29F3N2O5/c1-6-33-21(31)18-13-17(11-12-19(18)34-23(5,32)14-28-22(2,3)4)29-20(30)15-7-9-16(10-8-15)24(25,26)27/h7-13,28,32H,6,14H2,1-5H3,(H,29,30). The Morgan fingerprint density at radius 1 is 1.00 bits per heavy atom. The van der Waals surface area contributed by atoms with Crippen LogP contribution in [0.4, 0.5) is 18.9 Å². The molecule has 0 saturated carbocycles. The highest BCUT2D eigenvalue weighted by molar-refractivity contribution is 6.05. The highest BCUT2D eigenvalue weighted by atomic mass is 19.4. The quantitative estimate of drug-likeness (QED) is 0.376. The SMILES string of the molecule is CCOC(=O)c1cc(NC(=O)c2ccc(C(F)(F)F)cc2)ccc1OC(C)(O)CNC(C)(C)C. The molecule has 34 heavy (non-hydrogen) atoms. The fourth-order valence-corrected chi connectivity index (χ4v) is 2.78. The summed E-state index contributed by atoms with van der Waals surface area (Å²) in [6.45, 7) is 8.95. The second-order valence-electron chi connectivity index (χ2n) is 8.84. The summed E-state index contributed by atoms with van der Waals surface area (Å²) in [4.78, 5) is 25.0. The van der Waals surface area contributed by atoms with Crippen molar-refractivity contribution in [3.63, 3.8) is 0 Å². The van der Waals surface area contributed by atoms with Crippen molar-refractivity contribution in [2.45, 2.75) is 52.1 Å². The minimum Gasteiger partial charge on any atom is -0.462 e. The van der Waals surface area contributed by atoms with Gasteiger partial charge in [-0.1, -0.05) is 0 Å². The van der Waals surface area contributed by atoms with Crippen LogP contribution >= 0.6 is 0 Å². The number of carbonyl (C=O) groups is 2. The van der Waals surface area contributed by atoms with Gasteiger partial charge in [0.25, 0.3) is 5.91 Å². The molecule has 3 N–H and O–H groups in total. The fraction of sp³-hybridized carbons (Fsp3) is 0.417. The van der Waals surface area contributed by atoms with Gasteiger partial charge >= 0.3 is 12.1 Å². The third kappa shape index (κ3) is 8.03. The molecule has 2 aromatic rings. The fourth-order valence-electron chi connectivity index (χ4n) is 2.78. The van der Waals surface area contributed by atoms with Crippen LogP contribution in [-0.2, 0) is 10.9 Å². The van der Waals surface area contributed by atoms with Crippen molar-refractivity contribution in [3.05, 3.63) is 59.2 Å². The molecule has 0 aliphatic rings. The van der Waals surface area contributed by atoms with E-state index in [1.807, 2.05) is 20.8 Å². The molecular formula is C24H29F3N2O5. The summed E-state index contributed by atoms with van der Waals surface area (Å²) in [5.41, 5.74) is -1.01. The van der Waals surface area contributed by atoms with E-state index in [0.717, 1.165) is 24.3 Å². The molecule has 0 aliphatic heterocycles. The van der Waals surface area contributed by atoms with Gasteiger partial charge < -0.3 is 25.2 Å². The summed E-state index contributed by atoms with van der Waals surface area (Å²) in [6.07, 6.45) is -4.51. The average Bonchev–Trinajstić information content (AvgIpc) is 2.72. The minimum atomic E-state index is -4.51. The van der Waals surface area contributed by atoms with Crippen molar-refractivity contribution in [2.24, 2.45) is 0 Å². The smallest absolute Gasteiger partial charge is 0.416 e. The molecule has 7 nitrogen and oxygen atoms in total. The summed E-state index contributed by atoms with van der Waals surface area (Å²) >= 11 is 0. The zero-order valence-corrected chi connectivity index (χ0v) is 19.7. The maximum absolute atomic E-state index is 12.7. The number of ether oxygens (including phenoxy) is 2. The molecule has 0 radical (unpaired) electrons. The molecule has 0 heterocycles. The maximum Gasteiger partial charge on any atom is 0.416 e. The number of halogens is 3. The van der Waals surface area contributed by atoms with Crippen molar-refractivity contribution in [1.29, 1.82) is 0 Å². The Labute approximate surface area is 196 Å². The van der Waals surface area contributed by atoms with E-state index >= 15 is 0 Å². The van der Waals surface area contributed by atoms with Crippen molar-refractivity contribution in [3.8, 4) is 5.75 Å². The highest BCUT2D eigenvalue weighted by Gasteiger charge is 2.30. The van der Waals surface area contributed by atoms with Gasteiger partial charge in [0.2, 0.25) is 5.79 Å². The Balaban J connectivity index is 2.25. The van der Waals surface area contributed by atoms with Gasteiger partial charge in [0.15, 0.2) is 0 Å². The first-order chi connectivity index (χ1) is 15.6. The average molecular weight is 482 g/mol. The molecule has 2 rings (SSSR count). The number of alkyl halides is 3. The monoisotopic (exact) mass is 482 g/mol. The van der Waals surface area contributed by atoms with Gasteiger partial charge in [-0.05, 0) is 70.2 Å². The lowest BCUT2D eigenvalue weighted by atomic mass is 10.1. The Kier molecular flexibility index (Phi) is 8.33. The first-order valence-corrected chi connectivity index (χ1v) is 10.6. The molecule has 186 valence electrons. The largest absolute Gasteiger partial charge is 0.462 e. The number of anilines is 1. The van der Waals surface area contributed by atoms with Gasteiger partial charge in [0.1, 0.15) is 11.3 Å². The normalized spacial score (nSPS) is 13.7. The van der Waals surface area contributed by atoms with Gasteiger partial charge in [-0.15, -0.1) is 0 Å². The molecule has 1 atom stereocenters. The zero-order chi connectivity index (χ0) is 25.7. The zero-order valence-electron chi connectivity index (χ0n) is 19.7. The molecule has 0 fully saturated rings. The van der Waals surface area contributed by atoms with E-state index in [2.05, 4.69) is 10.6 Å². The summed E-state index contributed by atoms with van der Waals surface area (Å²) in [5.74, 6) is -3.03. The lowest BCUT2D eigenvalue weighted by molar-refractivity contribution is -0.137. The van der Waals surface area contributed by atoms with Crippen LogP contribution in [0.1, 0.15) is 60.9 Å². The van der Waals surface area contributed by atoms with Crippen molar-refractivity contribution in [1.82, 2.24) is 5.32 Å². The number of carbonyl (C=O) groups excluding carboxylic acids is 2. The number of nitrogens with one attached hydrogen (secondary N) is 2. The van der Waals surface area contributed by atoms with Crippen LogP contribution in [0.25, 0.3) is 0 Å². The first kappa shape index (κ1) is 27.1. The van der Waals surface area contributed by atoms with E-state index in [1.165, 1.54) is 25.1 Å². The van der Waals surface area contributed by atoms with Crippen LogP contribution < -0.4 is 15.4 Å². The van der Waals surface area contributed by atoms with Crippen LogP contribution in [0, 0.1) is 0 Å². The molecule has 0 saturated heterocycles. The van der Waals surface area contributed by atoms with E-state index in [4.69, 9.17) is 9.47 Å². The third-order valence-corrected chi connectivity index (χ3v) is 4.48. The minimum absolute atomic E-state index is 0.00204. The van der Waals surface area contributed by atoms with E-state index in [9.17, 15) is 27.9 Å². The summed E-state index contributed by atoms with van der Waals surface area (Å²) in [7, 11) is 0. The molecule has 0 spiro atoms. The lowest BCUT2D eigenvalue weighted by Gasteiger charge is -2.30. The summed E-state index contributed by atoms with van der Waals surface area (Å²) in [5, 5.41) is 16.3. The van der Waals surface area contributed by atoms with Gasteiger partial charge in [0.05, 0.1) is 18.7 Å². The first-order valence-electron chi connectivity index (χ1n) is 10.6. The topological polar surface area (TPSA) is 96.9 Å². The van der Waals surface area contributed by atoms with Crippen molar-refractivity contribution >= 4 is 17.6 Å². The van der Waals surface area contributed by atoms with Crippen LogP contribution in [0.2, 0.25) is 0 Å². The highest BCUT2D eigenvalue weighted by Crippen LogP contribution is 2.30. The Morgan fingerprint density at radius 2 is 1.62 bits per heavy atom. The van der Waals surface area contributed by atoms with Gasteiger partial charge in [-0.3, -0.25) is 4.79 Å². The molecule has 1 amide bonds. The van der Waals surface area contributed by atoms with Crippen molar-refractivity contribution < 1.29 is 37.3 Å². The van der Waals surface area contributed by atoms with Gasteiger partial charge in [-0.2, -0.15) is 13.2 Å². The molecule has 0 bridgehead atoms.